The van der Waals surface area contributed by atoms with Crippen molar-refractivity contribution in [1.29, 1.82) is 0 Å². The van der Waals surface area contributed by atoms with E-state index in [0.717, 1.165) is 44.9 Å². The van der Waals surface area contributed by atoms with Crippen LogP contribution in [0.3, 0.4) is 0 Å². The highest BCUT2D eigenvalue weighted by atomic mass is 16.5. The fraction of sp³-hybridized carbons (Fsp3) is 0.731. The summed E-state index contributed by atoms with van der Waals surface area (Å²) in [5, 5.41) is 0. The number of hydrogen-bond donors (Lipinski definition) is 0. The maximum absolute atomic E-state index is 12.9. The number of aromatic nitrogens is 3. The van der Waals surface area contributed by atoms with E-state index in [-0.39, 0.29) is 11.8 Å². The van der Waals surface area contributed by atoms with Gasteiger partial charge in [-0.3, -0.25) is 9.47 Å². The van der Waals surface area contributed by atoms with Gasteiger partial charge < -0.3 is 4.74 Å². The lowest BCUT2D eigenvalue weighted by Gasteiger charge is -2.44. The third-order valence-electron chi connectivity index (χ3n) is 7.41. The largest absolute Gasteiger partial charge is 0.373 e. The molecule has 0 spiro atoms. The normalized spacial score (nSPS) is 24.7. The number of piperidine rings is 1. The van der Waals surface area contributed by atoms with Crippen LogP contribution in [0.5, 0.6) is 0 Å². The monoisotopic (exact) mass is 458 g/mol. The van der Waals surface area contributed by atoms with Gasteiger partial charge in [-0.2, -0.15) is 4.98 Å². The van der Waals surface area contributed by atoms with Gasteiger partial charge in [-0.1, -0.05) is 31.6 Å². The predicted molar refractivity (Wildman–Crippen MR) is 133 cm³/mol. The van der Waals surface area contributed by atoms with Gasteiger partial charge in [0.15, 0.2) is 0 Å². The van der Waals surface area contributed by atoms with Crippen molar-refractivity contribution in [2.75, 3.05) is 13.2 Å². The molecule has 3 rings (SSSR count). The maximum atomic E-state index is 12.9. The molecule has 184 valence electrons. The van der Waals surface area contributed by atoms with Crippen molar-refractivity contribution in [2.24, 2.45) is 0 Å². The van der Waals surface area contributed by atoms with Gasteiger partial charge in [-0.05, 0) is 64.9 Å². The molecule has 3 heterocycles. The number of allylic oxidation sites excluding steroid dienone is 2. The molecule has 3 atom stereocenters. The van der Waals surface area contributed by atoms with E-state index in [0.29, 0.717) is 44.1 Å². The summed E-state index contributed by atoms with van der Waals surface area (Å²) in [6.07, 6.45) is 11.1. The van der Waals surface area contributed by atoms with Crippen molar-refractivity contribution in [3.05, 3.63) is 50.1 Å². The summed E-state index contributed by atoms with van der Waals surface area (Å²) in [6, 6.07) is 0.711. The predicted octanol–water partition coefficient (Wildman–Crippen LogP) is 3.69. The average Bonchev–Trinajstić information content (AvgIpc) is 2.81. The lowest BCUT2D eigenvalue weighted by atomic mass is 9.92. The fourth-order valence-corrected chi connectivity index (χ4v) is 5.24. The van der Waals surface area contributed by atoms with Gasteiger partial charge in [-0.15, -0.1) is 0 Å². The lowest BCUT2D eigenvalue weighted by molar-refractivity contribution is -0.0324. The quantitative estimate of drug-likeness (QED) is 0.528. The first-order chi connectivity index (χ1) is 15.9. The van der Waals surface area contributed by atoms with E-state index in [1.54, 1.807) is 4.57 Å². The molecular formula is C26H42N4O3. The Bertz CT molecular complexity index is 975. The molecule has 2 aliphatic heterocycles. The first kappa shape index (κ1) is 25.6. The van der Waals surface area contributed by atoms with E-state index >= 15 is 0 Å². The van der Waals surface area contributed by atoms with Crippen LogP contribution < -0.4 is 11.4 Å². The minimum Gasteiger partial charge on any atom is -0.373 e. The van der Waals surface area contributed by atoms with Gasteiger partial charge >= 0.3 is 11.4 Å². The number of aryl methyl sites for hydroxylation is 1. The van der Waals surface area contributed by atoms with Crippen LogP contribution in [0.1, 0.15) is 79.0 Å². The standard InChI is InChI=1S/C26H42N4O3/c1-6-11-21(19(4)7-2)18-33-23-16-20(5)28(22(8-3)17-23)14-15-30-25(31)27-24-12-9-10-13-29(24)26(30)32/h6,11,20,22-23H,7-10,12-18H2,1-5H3/b11-6-,21-19+. The molecule has 1 saturated heterocycles. The lowest BCUT2D eigenvalue weighted by Crippen LogP contribution is -2.53. The summed E-state index contributed by atoms with van der Waals surface area (Å²) in [4.78, 5) is 32.1. The van der Waals surface area contributed by atoms with Gasteiger partial charge in [0.25, 0.3) is 0 Å². The van der Waals surface area contributed by atoms with Crippen molar-refractivity contribution in [3.63, 3.8) is 0 Å². The Morgan fingerprint density at radius 2 is 1.97 bits per heavy atom. The second-order valence-corrected chi connectivity index (χ2v) is 9.57. The summed E-state index contributed by atoms with van der Waals surface area (Å²) in [6.45, 7) is 13.2. The van der Waals surface area contributed by atoms with Crippen LogP contribution in [0.25, 0.3) is 0 Å². The van der Waals surface area contributed by atoms with E-state index in [1.165, 1.54) is 15.7 Å². The third kappa shape index (κ3) is 6.12. The maximum Gasteiger partial charge on any atom is 0.353 e. The molecule has 2 aliphatic rings. The third-order valence-corrected chi connectivity index (χ3v) is 7.41. The molecule has 1 aromatic rings. The molecular weight excluding hydrogens is 416 g/mol. The number of nitrogens with zero attached hydrogens (tertiary/aromatic N) is 4. The second kappa shape index (κ2) is 11.9. The zero-order valence-corrected chi connectivity index (χ0v) is 21.2. The smallest absolute Gasteiger partial charge is 0.353 e. The summed E-state index contributed by atoms with van der Waals surface area (Å²) in [5.74, 6) is 0.648. The molecule has 7 nitrogen and oxygen atoms in total. The van der Waals surface area contributed by atoms with Gasteiger partial charge in [0.1, 0.15) is 5.82 Å². The molecule has 7 heteroatoms. The molecule has 0 bridgehead atoms. The van der Waals surface area contributed by atoms with Gasteiger partial charge in [0.05, 0.1) is 12.7 Å². The van der Waals surface area contributed by atoms with E-state index < -0.39 is 5.69 Å². The first-order valence-electron chi connectivity index (χ1n) is 12.8. The van der Waals surface area contributed by atoms with Crippen LogP contribution in [0.4, 0.5) is 0 Å². The molecule has 0 aliphatic carbocycles. The topological polar surface area (TPSA) is 69.4 Å². The fourth-order valence-electron chi connectivity index (χ4n) is 5.24. The summed E-state index contributed by atoms with van der Waals surface area (Å²) in [7, 11) is 0. The SMILES string of the molecule is C/C=C\C(COC1CC(C)N(CCn2c(=O)nc3n(c2=O)CCCC3)C(CC)C1)=C(\C)CC. The van der Waals surface area contributed by atoms with Gasteiger partial charge in [0, 0.05) is 38.1 Å². The van der Waals surface area contributed by atoms with Crippen LogP contribution in [0, 0.1) is 0 Å². The average molecular weight is 459 g/mol. The number of likely N-dealkylation sites (tertiary alicyclic amines) is 1. The molecule has 0 radical (unpaired) electrons. The Morgan fingerprint density at radius 3 is 2.67 bits per heavy atom. The van der Waals surface area contributed by atoms with E-state index in [4.69, 9.17) is 4.74 Å². The minimum absolute atomic E-state index is 0.196. The number of fused-ring (bicyclic) bond motifs is 1. The highest BCUT2D eigenvalue weighted by Crippen LogP contribution is 2.28. The van der Waals surface area contributed by atoms with Crippen LogP contribution in [0.2, 0.25) is 0 Å². The Hall–Kier alpha value is -1.99. The zero-order chi connectivity index (χ0) is 24.0. The van der Waals surface area contributed by atoms with E-state index in [1.807, 2.05) is 6.92 Å². The van der Waals surface area contributed by atoms with Crippen molar-refractivity contribution in [1.82, 2.24) is 19.0 Å². The van der Waals surface area contributed by atoms with Crippen LogP contribution in [-0.4, -0.2) is 50.4 Å². The van der Waals surface area contributed by atoms with Gasteiger partial charge in [-0.25, -0.2) is 14.2 Å². The first-order valence-corrected chi connectivity index (χ1v) is 12.8. The van der Waals surface area contributed by atoms with E-state index in [2.05, 4.69) is 49.7 Å². The van der Waals surface area contributed by atoms with Crippen molar-refractivity contribution < 1.29 is 4.74 Å². The molecule has 33 heavy (non-hydrogen) atoms. The Balaban J connectivity index is 1.65. The number of ether oxygens (including phenoxy) is 1. The summed E-state index contributed by atoms with van der Waals surface area (Å²) < 4.78 is 9.41. The van der Waals surface area contributed by atoms with Crippen LogP contribution in [0.15, 0.2) is 32.9 Å². The number of rotatable bonds is 9. The zero-order valence-electron chi connectivity index (χ0n) is 21.2. The molecule has 1 aromatic heterocycles. The minimum atomic E-state index is -0.401. The summed E-state index contributed by atoms with van der Waals surface area (Å²) >= 11 is 0. The van der Waals surface area contributed by atoms with Crippen molar-refractivity contribution in [2.45, 2.75) is 111 Å². The highest BCUT2D eigenvalue weighted by Gasteiger charge is 2.33. The van der Waals surface area contributed by atoms with Crippen LogP contribution in [-0.2, 0) is 24.2 Å². The van der Waals surface area contributed by atoms with Crippen molar-refractivity contribution in [3.8, 4) is 0 Å². The molecule has 0 saturated carbocycles. The summed E-state index contributed by atoms with van der Waals surface area (Å²) in [5.41, 5.74) is 2.06. The Labute approximate surface area is 198 Å². The number of hydrogen-bond acceptors (Lipinski definition) is 5. The molecule has 0 aromatic carbocycles. The molecule has 0 N–H and O–H groups in total. The molecule has 1 fully saturated rings. The van der Waals surface area contributed by atoms with E-state index in [9.17, 15) is 9.59 Å². The Kier molecular flexibility index (Phi) is 9.27. The molecule has 0 amide bonds. The van der Waals surface area contributed by atoms with Crippen molar-refractivity contribution >= 4 is 0 Å². The highest BCUT2D eigenvalue weighted by molar-refractivity contribution is 5.24. The van der Waals surface area contributed by atoms with Crippen LogP contribution >= 0.6 is 0 Å². The van der Waals surface area contributed by atoms with Gasteiger partial charge in [0.2, 0.25) is 0 Å². The second-order valence-electron chi connectivity index (χ2n) is 9.57. The Morgan fingerprint density at radius 1 is 1.18 bits per heavy atom. The molecule has 3 unspecified atom stereocenters.